The van der Waals surface area contributed by atoms with Crippen LogP contribution in [0.2, 0.25) is 0 Å². The average Bonchev–Trinajstić information content (AvgIpc) is 1.98. The summed E-state index contributed by atoms with van der Waals surface area (Å²) in [6.07, 6.45) is 5.18. The molecule has 0 bridgehead atoms. The van der Waals surface area contributed by atoms with Crippen molar-refractivity contribution in [3.05, 3.63) is 23.3 Å². The summed E-state index contributed by atoms with van der Waals surface area (Å²) < 4.78 is 0. The van der Waals surface area contributed by atoms with Crippen LogP contribution in [0.3, 0.4) is 0 Å². The van der Waals surface area contributed by atoms with Gasteiger partial charge in [-0.05, 0) is 34.1 Å². The van der Waals surface area contributed by atoms with Crippen LogP contribution in [0.4, 0.5) is 0 Å². The van der Waals surface area contributed by atoms with Crippen LogP contribution in [-0.4, -0.2) is 5.38 Å². The van der Waals surface area contributed by atoms with E-state index in [9.17, 15) is 0 Å². The summed E-state index contributed by atoms with van der Waals surface area (Å²) >= 11 is 6.06. The van der Waals surface area contributed by atoms with Gasteiger partial charge in [-0.2, -0.15) is 0 Å². The van der Waals surface area contributed by atoms with Crippen molar-refractivity contribution in [3.63, 3.8) is 0 Å². The van der Waals surface area contributed by atoms with Gasteiger partial charge in [0.2, 0.25) is 0 Å². The molecule has 1 heteroatoms. The SMILES string of the molecule is C/C=C(/C)C(Cl)CC=C(C)C. The Morgan fingerprint density at radius 2 is 1.91 bits per heavy atom. The summed E-state index contributed by atoms with van der Waals surface area (Å²) in [5.74, 6) is 0. The highest BCUT2D eigenvalue weighted by Crippen LogP contribution is 2.14. The largest absolute Gasteiger partial charge is 0.118 e. The van der Waals surface area contributed by atoms with Crippen molar-refractivity contribution in [2.24, 2.45) is 0 Å². The van der Waals surface area contributed by atoms with E-state index >= 15 is 0 Å². The minimum atomic E-state index is 0.176. The highest BCUT2D eigenvalue weighted by Gasteiger charge is 2.02. The Labute approximate surface area is 74.9 Å². The van der Waals surface area contributed by atoms with Crippen LogP contribution in [0.25, 0.3) is 0 Å². The Bertz CT molecular complexity index is 162. The molecule has 0 fully saturated rings. The molecule has 11 heavy (non-hydrogen) atoms. The van der Waals surface area contributed by atoms with Crippen LogP contribution in [0.15, 0.2) is 23.3 Å². The average molecular weight is 173 g/mol. The van der Waals surface area contributed by atoms with Gasteiger partial charge in [0.15, 0.2) is 0 Å². The molecule has 0 nitrogen and oxygen atoms in total. The van der Waals surface area contributed by atoms with Crippen molar-refractivity contribution >= 4 is 11.6 Å². The van der Waals surface area contributed by atoms with Crippen molar-refractivity contribution < 1.29 is 0 Å². The Hall–Kier alpha value is -0.230. The molecule has 0 N–H and O–H groups in total. The maximum atomic E-state index is 6.06. The second kappa shape index (κ2) is 5.42. The highest BCUT2D eigenvalue weighted by molar-refractivity contribution is 6.22. The standard InChI is InChI=1S/C10H17Cl/c1-5-9(4)10(11)7-6-8(2)3/h5-6,10H,7H2,1-4H3/b9-5-. The molecule has 0 aromatic rings. The summed E-state index contributed by atoms with van der Waals surface area (Å²) in [6, 6.07) is 0. The maximum Gasteiger partial charge on any atom is 0.0577 e. The number of hydrogen-bond donors (Lipinski definition) is 0. The molecule has 0 saturated carbocycles. The number of halogens is 1. The number of rotatable bonds is 3. The van der Waals surface area contributed by atoms with E-state index in [0.29, 0.717) is 0 Å². The third kappa shape index (κ3) is 5.09. The molecule has 0 spiro atoms. The van der Waals surface area contributed by atoms with Crippen LogP contribution >= 0.6 is 11.6 Å². The van der Waals surface area contributed by atoms with Crippen molar-refractivity contribution in [2.75, 3.05) is 0 Å². The van der Waals surface area contributed by atoms with E-state index in [1.54, 1.807) is 0 Å². The van der Waals surface area contributed by atoms with E-state index in [-0.39, 0.29) is 5.38 Å². The first-order valence-electron chi connectivity index (χ1n) is 3.98. The Kier molecular flexibility index (Phi) is 5.31. The van der Waals surface area contributed by atoms with Crippen LogP contribution in [0.5, 0.6) is 0 Å². The molecule has 0 aliphatic rings. The van der Waals surface area contributed by atoms with E-state index < -0.39 is 0 Å². The fraction of sp³-hybridized carbons (Fsp3) is 0.600. The van der Waals surface area contributed by atoms with Gasteiger partial charge in [0.05, 0.1) is 5.38 Å². The third-order valence-corrected chi connectivity index (χ3v) is 2.20. The van der Waals surface area contributed by atoms with Crippen LogP contribution in [-0.2, 0) is 0 Å². The minimum absolute atomic E-state index is 0.176. The van der Waals surface area contributed by atoms with Crippen LogP contribution < -0.4 is 0 Å². The van der Waals surface area contributed by atoms with Crippen LogP contribution in [0.1, 0.15) is 34.1 Å². The summed E-state index contributed by atoms with van der Waals surface area (Å²) in [5, 5.41) is 0.176. The monoisotopic (exact) mass is 172 g/mol. The number of hydrogen-bond acceptors (Lipinski definition) is 0. The van der Waals surface area contributed by atoms with E-state index in [1.807, 2.05) is 6.92 Å². The molecule has 0 aromatic heterocycles. The molecular formula is C10H17Cl. The van der Waals surface area contributed by atoms with E-state index in [4.69, 9.17) is 11.6 Å². The summed E-state index contributed by atoms with van der Waals surface area (Å²) in [5.41, 5.74) is 2.59. The molecule has 0 aliphatic heterocycles. The molecule has 1 atom stereocenters. The number of alkyl halides is 1. The van der Waals surface area contributed by atoms with Gasteiger partial charge in [-0.1, -0.05) is 23.3 Å². The zero-order valence-electron chi connectivity index (χ0n) is 7.82. The molecule has 0 rings (SSSR count). The smallest absolute Gasteiger partial charge is 0.0577 e. The lowest BCUT2D eigenvalue weighted by Crippen LogP contribution is -1.97. The van der Waals surface area contributed by atoms with Gasteiger partial charge in [0, 0.05) is 0 Å². The Morgan fingerprint density at radius 3 is 2.27 bits per heavy atom. The van der Waals surface area contributed by atoms with E-state index in [1.165, 1.54) is 11.1 Å². The predicted molar refractivity (Wildman–Crippen MR) is 53.1 cm³/mol. The lowest BCUT2D eigenvalue weighted by Gasteiger charge is -2.06. The first-order valence-corrected chi connectivity index (χ1v) is 4.41. The van der Waals surface area contributed by atoms with Gasteiger partial charge >= 0.3 is 0 Å². The summed E-state index contributed by atoms with van der Waals surface area (Å²) in [6.45, 7) is 8.27. The lowest BCUT2D eigenvalue weighted by molar-refractivity contribution is 0.972. The lowest BCUT2D eigenvalue weighted by atomic mass is 10.1. The minimum Gasteiger partial charge on any atom is -0.118 e. The molecule has 0 aliphatic carbocycles. The summed E-state index contributed by atoms with van der Waals surface area (Å²) in [7, 11) is 0. The topological polar surface area (TPSA) is 0 Å². The Morgan fingerprint density at radius 1 is 1.36 bits per heavy atom. The van der Waals surface area contributed by atoms with Crippen molar-refractivity contribution in [2.45, 2.75) is 39.5 Å². The second-order valence-corrected chi connectivity index (χ2v) is 3.54. The number of allylic oxidation sites excluding steroid dienone is 4. The van der Waals surface area contributed by atoms with Gasteiger partial charge in [-0.3, -0.25) is 0 Å². The van der Waals surface area contributed by atoms with E-state index in [2.05, 4.69) is 32.9 Å². The van der Waals surface area contributed by atoms with Gasteiger partial charge < -0.3 is 0 Å². The molecule has 0 amide bonds. The van der Waals surface area contributed by atoms with Gasteiger partial charge in [-0.15, -0.1) is 11.6 Å². The zero-order valence-corrected chi connectivity index (χ0v) is 8.57. The van der Waals surface area contributed by atoms with Gasteiger partial charge in [0.25, 0.3) is 0 Å². The van der Waals surface area contributed by atoms with E-state index in [0.717, 1.165) is 6.42 Å². The molecule has 0 aromatic carbocycles. The zero-order chi connectivity index (χ0) is 8.85. The van der Waals surface area contributed by atoms with Crippen molar-refractivity contribution in [3.8, 4) is 0 Å². The van der Waals surface area contributed by atoms with Gasteiger partial charge in [-0.25, -0.2) is 0 Å². The maximum absolute atomic E-state index is 6.06. The van der Waals surface area contributed by atoms with Crippen LogP contribution in [0, 0.1) is 0 Å². The second-order valence-electron chi connectivity index (χ2n) is 3.02. The first kappa shape index (κ1) is 10.8. The summed E-state index contributed by atoms with van der Waals surface area (Å²) in [4.78, 5) is 0. The third-order valence-electron chi connectivity index (χ3n) is 1.68. The molecule has 1 unspecified atom stereocenters. The molecular weight excluding hydrogens is 156 g/mol. The molecule has 0 radical (unpaired) electrons. The fourth-order valence-electron chi connectivity index (χ4n) is 0.706. The molecule has 64 valence electrons. The fourth-order valence-corrected chi connectivity index (χ4v) is 0.921. The van der Waals surface area contributed by atoms with Crippen molar-refractivity contribution in [1.82, 2.24) is 0 Å². The van der Waals surface area contributed by atoms with Gasteiger partial charge in [0.1, 0.15) is 0 Å². The molecule has 0 heterocycles. The molecule has 0 saturated heterocycles. The first-order chi connectivity index (χ1) is 5.07. The normalized spacial score (nSPS) is 14.5. The predicted octanol–water partition coefficient (Wildman–Crippen LogP) is 3.92. The highest BCUT2D eigenvalue weighted by atomic mass is 35.5. The Balaban J connectivity index is 3.88. The quantitative estimate of drug-likeness (QED) is 0.447. The van der Waals surface area contributed by atoms with Crippen molar-refractivity contribution in [1.29, 1.82) is 0 Å².